The van der Waals surface area contributed by atoms with Crippen LogP contribution >= 0.6 is 24.0 Å². The molecule has 6 nitrogen and oxygen atoms in total. The van der Waals surface area contributed by atoms with Gasteiger partial charge < -0.3 is 10.6 Å². The van der Waals surface area contributed by atoms with Gasteiger partial charge in [-0.2, -0.15) is 0 Å². The first-order valence-corrected chi connectivity index (χ1v) is 9.06. The lowest BCUT2D eigenvalue weighted by molar-refractivity contribution is 0.207. The zero-order valence-corrected chi connectivity index (χ0v) is 16.0. The van der Waals surface area contributed by atoms with Gasteiger partial charge in [-0.25, -0.2) is 12.7 Å². The molecule has 21 heavy (non-hydrogen) atoms. The zero-order valence-electron chi connectivity index (χ0n) is 12.9. The van der Waals surface area contributed by atoms with Gasteiger partial charge in [0.1, 0.15) is 0 Å². The van der Waals surface area contributed by atoms with E-state index in [1.807, 2.05) is 0 Å². The maximum Gasteiger partial charge on any atom is 0.213 e. The van der Waals surface area contributed by atoms with E-state index < -0.39 is 10.0 Å². The number of guanidine groups is 1. The van der Waals surface area contributed by atoms with Crippen molar-refractivity contribution >= 4 is 40.0 Å². The normalized spacial score (nSPS) is 22.8. The minimum Gasteiger partial charge on any atom is -0.370 e. The van der Waals surface area contributed by atoms with Crippen molar-refractivity contribution in [2.75, 3.05) is 38.5 Å². The van der Waals surface area contributed by atoms with Gasteiger partial charge in [-0.1, -0.05) is 6.92 Å². The van der Waals surface area contributed by atoms with E-state index in [-0.39, 0.29) is 29.7 Å². The molecule has 0 unspecified atom stereocenters. The van der Waals surface area contributed by atoms with Gasteiger partial charge in [0.2, 0.25) is 10.0 Å². The SMILES string of the molecule is CCS(=O)(=O)N1CC(CN=C(N)N2CCC(C)CC2)C1.I. The van der Waals surface area contributed by atoms with Crippen LogP contribution in [0.2, 0.25) is 0 Å². The number of rotatable bonds is 4. The third-order valence-electron chi connectivity index (χ3n) is 4.30. The molecule has 2 fully saturated rings. The number of nitrogens with two attached hydrogens (primary N) is 1. The molecule has 2 N–H and O–H groups in total. The van der Waals surface area contributed by atoms with Gasteiger partial charge in [-0.05, 0) is 25.7 Å². The van der Waals surface area contributed by atoms with Crippen molar-refractivity contribution in [1.82, 2.24) is 9.21 Å². The molecule has 0 aromatic carbocycles. The van der Waals surface area contributed by atoms with Crippen molar-refractivity contribution in [3.05, 3.63) is 0 Å². The summed E-state index contributed by atoms with van der Waals surface area (Å²) in [6.45, 7) is 7.72. The average molecular weight is 430 g/mol. The number of hydrogen-bond acceptors (Lipinski definition) is 3. The maximum atomic E-state index is 11.6. The summed E-state index contributed by atoms with van der Waals surface area (Å²) in [7, 11) is -3.02. The van der Waals surface area contributed by atoms with Crippen LogP contribution in [-0.4, -0.2) is 62.1 Å². The Bertz CT molecular complexity index is 455. The predicted molar refractivity (Wildman–Crippen MR) is 96.4 cm³/mol. The van der Waals surface area contributed by atoms with Crippen LogP contribution in [0.3, 0.4) is 0 Å². The fourth-order valence-electron chi connectivity index (χ4n) is 2.61. The third-order valence-corrected chi connectivity index (χ3v) is 6.12. The van der Waals surface area contributed by atoms with Gasteiger partial charge in [0.15, 0.2) is 5.96 Å². The van der Waals surface area contributed by atoms with Crippen molar-refractivity contribution in [2.45, 2.75) is 26.7 Å². The number of halogens is 1. The van der Waals surface area contributed by atoms with E-state index in [2.05, 4.69) is 16.8 Å². The minimum absolute atomic E-state index is 0. The Morgan fingerprint density at radius 3 is 2.38 bits per heavy atom. The second-order valence-electron chi connectivity index (χ2n) is 5.95. The van der Waals surface area contributed by atoms with E-state index in [1.54, 1.807) is 6.92 Å². The molecule has 0 aromatic rings. The van der Waals surface area contributed by atoms with E-state index in [9.17, 15) is 8.42 Å². The van der Waals surface area contributed by atoms with Crippen LogP contribution in [0.1, 0.15) is 26.7 Å². The summed E-state index contributed by atoms with van der Waals surface area (Å²) in [6, 6.07) is 0. The van der Waals surface area contributed by atoms with Gasteiger partial charge in [-0.3, -0.25) is 4.99 Å². The molecule has 0 spiro atoms. The summed E-state index contributed by atoms with van der Waals surface area (Å²) < 4.78 is 24.7. The summed E-state index contributed by atoms with van der Waals surface area (Å²) >= 11 is 0. The summed E-state index contributed by atoms with van der Waals surface area (Å²) in [5.41, 5.74) is 6.01. The molecule has 2 aliphatic heterocycles. The van der Waals surface area contributed by atoms with Crippen LogP contribution in [0.5, 0.6) is 0 Å². The Balaban J connectivity index is 0.00000220. The Labute approximate surface area is 145 Å². The Kier molecular flexibility index (Phi) is 7.18. The van der Waals surface area contributed by atoms with Crippen molar-refractivity contribution in [3.8, 4) is 0 Å². The highest BCUT2D eigenvalue weighted by atomic mass is 127. The van der Waals surface area contributed by atoms with Crippen LogP contribution in [0.15, 0.2) is 4.99 Å². The molecule has 0 aliphatic carbocycles. The molecule has 0 amide bonds. The molecule has 2 saturated heterocycles. The lowest BCUT2D eigenvalue weighted by Crippen LogP contribution is -2.52. The topological polar surface area (TPSA) is 79.0 Å². The van der Waals surface area contributed by atoms with Crippen molar-refractivity contribution in [1.29, 1.82) is 0 Å². The van der Waals surface area contributed by atoms with Gasteiger partial charge in [0, 0.05) is 38.6 Å². The number of nitrogens with zero attached hydrogens (tertiary/aromatic N) is 3. The fraction of sp³-hybridized carbons (Fsp3) is 0.923. The van der Waals surface area contributed by atoms with Crippen molar-refractivity contribution in [3.63, 3.8) is 0 Å². The molecule has 0 saturated carbocycles. The minimum atomic E-state index is -3.02. The highest BCUT2D eigenvalue weighted by molar-refractivity contribution is 14.0. The molecule has 124 valence electrons. The van der Waals surface area contributed by atoms with Crippen LogP contribution in [0, 0.1) is 11.8 Å². The molecule has 2 heterocycles. The highest BCUT2D eigenvalue weighted by Gasteiger charge is 2.34. The van der Waals surface area contributed by atoms with E-state index in [4.69, 9.17) is 5.73 Å². The van der Waals surface area contributed by atoms with Crippen LogP contribution in [0.4, 0.5) is 0 Å². The Morgan fingerprint density at radius 1 is 1.29 bits per heavy atom. The summed E-state index contributed by atoms with van der Waals surface area (Å²) in [5, 5.41) is 0. The third kappa shape index (κ3) is 4.95. The molecular weight excluding hydrogens is 403 g/mol. The van der Waals surface area contributed by atoms with E-state index >= 15 is 0 Å². The second-order valence-corrected chi connectivity index (χ2v) is 8.21. The fourth-order valence-corrected chi connectivity index (χ4v) is 3.85. The molecule has 2 rings (SSSR count). The molecule has 2 aliphatic rings. The first-order chi connectivity index (χ1) is 9.42. The van der Waals surface area contributed by atoms with E-state index in [0.717, 1.165) is 19.0 Å². The molecule has 0 atom stereocenters. The van der Waals surface area contributed by atoms with Gasteiger partial charge >= 0.3 is 0 Å². The smallest absolute Gasteiger partial charge is 0.213 e. The summed E-state index contributed by atoms with van der Waals surface area (Å²) in [5.74, 6) is 1.89. The van der Waals surface area contributed by atoms with Crippen molar-refractivity contribution in [2.24, 2.45) is 22.6 Å². The standard InChI is InChI=1S/C13H26N4O2S.HI/c1-3-20(18,19)17-9-12(10-17)8-15-13(14)16-6-4-11(2)5-7-16;/h11-12H,3-10H2,1-2H3,(H2,14,15);1H. The molecular formula is C13H27IN4O2S. The van der Waals surface area contributed by atoms with E-state index in [1.165, 1.54) is 17.1 Å². The number of sulfonamides is 1. The van der Waals surface area contributed by atoms with Crippen molar-refractivity contribution < 1.29 is 8.42 Å². The monoisotopic (exact) mass is 430 g/mol. The zero-order chi connectivity index (χ0) is 14.8. The highest BCUT2D eigenvalue weighted by Crippen LogP contribution is 2.20. The molecule has 8 heteroatoms. The van der Waals surface area contributed by atoms with Gasteiger partial charge in [0.05, 0.1) is 5.75 Å². The van der Waals surface area contributed by atoms with Gasteiger partial charge in [-0.15, -0.1) is 24.0 Å². The molecule has 0 bridgehead atoms. The summed E-state index contributed by atoms with van der Waals surface area (Å²) in [4.78, 5) is 6.57. The Morgan fingerprint density at radius 2 is 1.86 bits per heavy atom. The first kappa shape index (κ1) is 19.0. The number of piperidine rings is 1. The average Bonchev–Trinajstić information content (AvgIpc) is 2.37. The number of aliphatic imine (C=N–C) groups is 1. The lowest BCUT2D eigenvalue weighted by Gasteiger charge is -2.37. The predicted octanol–water partition coefficient (Wildman–Crippen LogP) is 0.932. The number of likely N-dealkylation sites (tertiary alicyclic amines) is 1. The summed E-state index contributed by atoms with van der Waals surface area (Å²) in [6.07, 6.45) is 2.34. The van der Waals surface area contributed by atoms with E-state index in [0.29, 0.717) is 31.5 Å². The van der Waals surface area contributed by atoms with Crippen LogP contribution in [0.25, 0.3) is 0 Å². The quantitative estimate of drug-likeness (QED) is 0.409. The number of hydrogen-bond donors (Lipinski definition) is 1. The largest absolute Gasteiger partial charge is 0.370 e. The Hall–Kier alpha value is -0.0900. The van der Waals surface area contributed by atoms with Gasteiger partial charge in [0.25, 0.3) is 0 Å². The maximum absolute atomic E-state index is 11.6. The second kappa shape index (κ2) is 7.96. The molecule has 0 aromatic heterocycles. The van der Waals surface area contributed by atoms with Crippen LogP contribution < -0.4 is 5.73 Å². The lowest BCUT2D eigenvalue weighted by atomic mass is 9.99. The van der Waals surface area contributed by atoms with Crippen LogP contribution in [-0.2, 0) is 10.0 Å². The molecule has 0 radical (unpaired) electrons. The first-order valence-electron chi connectivity index (χ1n) is 7.45.